The zero-order chi connectivity index (χ0) is 25.7. The average Bonchev–Trinajstić information content (AvgIpc) is 3.24. The maximum atomic E-state index is 3.81. The third-order valence-corrected chi connectivity index (χ3v) is 9.03. The first kappa shape index (κ1) is 22.4. The average molecular weight is 480 g/mol. The maximum absolute atomic E-state index is 3.81. The SMILES string of the molecule is Cc1ccc(Nc2cc3c(c4ccccc24)-c2cc4c(cc2C3(C)C)-c2ccccc2C4(C)C)c(C)c1. The normalized spacial score (nSPS) is 15.7. The molecule has 1 heteroatoms. The fourth-order valence-electron chi connectivity index (χ4n) is 6.98. The molecular weight excluding hydrogens is 446 g/mol. The van der Waals surface area contributed by atoms with Crippen LogP contribution in [-0.4, -0.2) is 0 Å². The molecule has 0 aromatic heterocycles. The molecule has 0 atom stereocenters. The van der Waals surface area contributed by atoms with Gasteiger partial charge in [-0.15, -0.1) is 0 Å². The number of anilines is 2. The Morgan fingerprint density at radius 1 is 0.514 bits per heavy atom. The lowest BCUT2D eigenvalue weighted by atomic mass is 9.79. The molecule has 0 spiro atoms. The van der Waals surface area contributed by atoms with Crippen molar-refractivity contribution in [1.82, 2.24) is 0 Å². The van der Waals surface area contributed by atoms with Gasteiger partial charge >= 0.3 is 0 Å². The molecule has 0 bridgehead atoms. The van der Waals surface area contributed by atoms with E-state index in [9.17, 15) is 0 Å². The van der Waals surface area contributed by atoms with Crippen LogP contribution in [0.1, 0.15) is 61.1 Å². The van der Waals surface area contributed by atoms with E-state index in [0.29, 0.717) is 0 Å². The monoisotopic (exact) mass is 479 g/mol. The van der Waals surface area contributed by atoms with Crippen molar-refractivity contribution in [2.45, 2.75) is 52.4 Å². The van der Waals surface area contributed by atoms with E-state index in [0.717, 1.165) is 0 Å². The van der Waals surface area contributed by atoms with E-state index in [-0.39, 0.29) is 10.8 Å². The molecule has 0 saturated heterocycles. The van der Waals surface area contributed by atoms with Crippen molar-refractivity contribution in [3.63, 3.8) is 0 Å². The summed E-state index contributed by atoms with van der Waals surface area (Å²) in [7, 11) is 0. The van der Waals surface area contributed by atoms with Gasteiger partial charge in [-0.1, -0.05) is 93.9 Å². The third-order valence-electron chi connectivity index (χ3n) is 9.03. The van der Waals surface area contributed by atoms with Crippen molar-refractivity contribution in [2.24, 2.45) is 0 Å². The molecule has 7 rings (SSSR count). The van der Waals surface area contributed by atoms with Crippen molar-refractivity contribution in [1.29, 1.82) is 0 Å². The molecule has 37 heavy (non-hydrogen) atoms. The highest BCUT2D eigenvalue weighted by atomic mass is 14.9. The van der Waals surface area contributed by atoms with Crippen LogP contribution >= 0.6 is 0 Å². The summed E-state index contributed by atoms with van der Waals surface area (Å²) in [4.78, 5) is 0. The predicted molar refractivity (Wildman–Crippen MR) is 158 cm³/mol. The lowest BCUT2D eigenvalue weighted by molar-refractivity contribution is 0.652. The quantitative estimate of drug-likeness (QED) is 0.266. The van der Waals surface area contributed by atoms with Crippen LogP contribution in [0.25, 0.3) is 33.0 Å². The van der Waals surface area contributed by atoms with Crippen LogP contribution < -0.4 is 5.32 Å². The van der Waals surface area contributed by atoms with Crippen molar-refractivity contribution < 1.29 is 0 Å². The summed E-state index contributed by atoms with van der Waals surface area (Å²) < 4.78 is 0. The molecule has 5 aromatic carbocycles. The number of fused-ring (bicyclic) bond motifs is 8. The minimum absolute atomic E-state index is 0.00583. The molecule has 1 nitrogen and oxygen atoms in total. The van der Waals surface area contributed by atoms with Crippen molar-refractivity contribution in [3.05, 3.63) is 118 Å². The molecule has 1 N–H and O–H groups in total. The van der Waals surface area contributed by atoms with Gasteiger partial charge in [-0.25, -0.2) is 0 Å². The van der Waals surface area contributed by atoms with Crippen LogP contribution in [-0.2, 0) is 10.8 Å². The summed E-state index contributed by atoms with van der Waals surface area (Å²) in [6.45, 7) is 13.9. The van der Waals surface area contributed by atoms with Crippen LogP contribution in [0.15, 0.2) is 84.9 Å². The Bertz CT molecular complexity index is 1770. The largest absolute Gasteiger partial charge is 0.355 e. The molecule has 0 saturated carbocycles. The lowest BCUT2D eigenvalue weighted by Crippen LogP contribution is -2.17. The molecule has 2 aliphatic rings. The van der Waals surface area contributed by atoms with Gasteiger partial charge in [-0.05, 0) is 93.6 Å². The van der Waals surface area contributed by atoms with Gasteiger partial charge < -0.3 is 5.32 Å². The maximum Gasteiger partial charge on any atom is 0.0467 e. The first-order valence-corrected chi connectivity index (χ1v) is 13.4. The zero-order valence-electron chi connectivity index (χ0n) is 22.6. The Morgan fingerprint density at radius 2 is 1.16 bits per heavy atom. The van der Waals surface area contributed by atoms with E-state index in [1.165, 1.54) is 77.8 Å². The summed E-state index contributed by atoms with van der Waals surface area (Å²) in [5.74, 6) is 0. The van der Waals surface area contributed by atoms with E-state index in [1.807, 2.05) is 0 Å². The van der Waals surface area contributed by atoms with Gasteiger partial charge in [0, 0.05) is 27.6 Å². The second-order valence-corrected chi connectivity index (χ2v) is 12.1. The van der Waals surface area contributed by atoms with Gasteiger partial charge in [0.1, 0.15) is 0 Å². The molecular formula is C36H33N. The molecule has 0 aliphatic heterocycles. The molecule has 2 aliphatic carbocycles. The highest BCUT2D eigenvalue weighted by molar-refractivity contribution is 6.09. The van der Waals surface area contributed by atoms with Gasteiger partial charge in [0.15, 0.2) is 0 Å². The highest BCUT2D eigenvalue weighted by Gasteiger charge is 2.42. The first-order valence-electron chi connectivity index (χ1n) is 13.4. The van der Waals surface area contributed by atoms with Gasteiger partial charge in [0.05, 0.1) is 0 Å². The summed E-state index contributed by atoms with van der Waals surface area (Å²) in [6, 6.07) is 31.9. The van der Waals surface area contributed by atoms with Crippen LogP contribution in [0, 0.1) is 13.8 Å². The lowest BCUT2D eigenvalue weighted by Gasteiger charge is -2.24. The Hall–Kier alpha value is -3.84. The van der Waals surface area contributed by atoms with Gasteiger partial charge in [-0.2, -0.15) is 0 Å². The predicted octanol–water partition coefficient (Wildman–Crippen LogP) is 9.81. The fraction of sp³-hybridized carbons (Fsp3) is 0.222. The first-order chi connectivity index (χ1) is 17.7. The van der Waals surface area contributed by atoms with Crippen molar-refractivity contribution in [2.75, 3.05) is 5.32 Å². The number of aryl methyl sites for hydroxylation is 2. The standard InChI is InChI=1S/C36H33N/c1-21-15-16-32(22(2)17-21)37-33-20-31-34(25-13-8-7-12-24(25)33)27-19-29-26(18-30(27)36(31,5)6)23-11-9-10-14-28(23)35(29,3)4/h7-20,37H,1-6H3. The van der Waals surface area contributed by atoms with Gasteiger partial charge in [0.2, 0.25) is 0 Å². The van der Waals surface area contributed by atoms with Crippen LogP contribution in [0.4, 0.5) is 11.4 Å². The Labute approximate surface area is 220 Å². The second-order valence-electron chi connectivity index (χ2n) is 12.1. The number of benzene rings is 5. The Morgan fingerprint density at radius 3 is 1.95 bits per heavy atom. The topological polar surface area (TPSA) is 12.0 Å². The van der Waals surface area contributed by atoms with E-state index in [2.05, 4.69) is 132 Å². The second kappa shape index (κ2) is 7.35. The Kier molecular flexibility index (Phi) is 4.45. The van der Waals surface area contributed by atoms with Crippen LogP contribution in [0.5, 0.6) is 0 Å². The van der Waals surface area contributed by atoms with E-state index < -0.39 is 0 Å². The minimum atomic E-state index is -0.0931. The number of rotatable bonds is 2. The van der Waals surface area contributed by atoms with Crippen LogP contribution in [0.3, 0.4) is 0 Å². The van der Waals surface area contributed by atoms with E-state index in [1.54, 1.807) is 0 Å². The summed E-state index contributed by atoms with van der Waals surface area (Å²) in [6.07, 6.45) is 0. The summed E-state index contributed by atoms with van der Waals surface area (Å²) in [5, 5.41) is 6.41. The van der Waals surface area contributed by atoms with E-state index in [4.69, 9.17) is 0 Å². The highest BCUT2D eigenvalue weighted by Crippen LogP contribution is 2.58. The summed E-state index contributed by atoms with van der Waals surface area (Å²) in [5.41, 5.74) is 16.1. The molecule has 182 valence electrons. The number of nitrogens with one attached hydrogen (secondary N) is 1. The molecule has 0 unspecified atom stereocenters. The molecule has 5 aromatic rings. The summed E-state index contributed by atoms with van der Waals surface area (Å²) >= 11 is 0. The smallest absolute Gasteiger partial charge is 0.0467 e. The minimum Gasteiger partial charge on any atom is -0.355 e. The zero-order valence-corrected chi connectivity index (χ0v) is 22.6. The number of hydrogen-bond acceptors (Lipinski definition) is 1. The molecule has 0 amide bonds. The molecule has 0 radical (unpaired) electrons. The van der Waals surface area contributed by atoms with Crippen molar-refractivity contribution in [3.8, 4) is 22.3 Å². The molecule has 0 fully saturated rings. The third kappa shape index (κ3) is 2.98. The van der Waals surface area contributed by atoms with E-state index >= 15 is 0 Å². The van der Waals surface area contributed by atoms with Gasteiger partial charge in [0.25, 0.3) is 0 Å². The number of hydrogen-bond donors (Lipinski definition) is 1. The Balaban J connectivity index is 1.49. The van der Waals surface area contributed by atoms with Crippen LogP contribution in [0.2, 0.25) is 0 Å². The fourth-order valence-corrected chi connectivity index (χ4v) is 6.98. The van der Waals surface area contributed by atoms with Gasteiger partial charge in [-0.3, -0.25) is 0 Å². The van der Waals surface area contributed by atoms with Crippen molar-refractivity contribution >= 4 is 22.1 Å². The molecule has 0 heterocycles.